The van der Waals surface area contributed by atoms with E-state index in [0.717, 1.165) is 21.9 Å². The van der Waals surface area contributed by atoms with Crippen LogP contribution in [0.3, 0.4) is 0 Å². The van der Waals surface area contributed by atoms with E-state index in [1.807, 2.05) is 51.1 Å². The highest BCUT2D eigenvalue weighted by Crippen LogP contribution is 2.31. The van der Waals surface area contributed by atoms with Gasteiger partial charge in [-0.05, 0) is 79.0 Å². The van der Waals surface area contributed by atoms with Crippen LogP contribution in [-0.4, -0.2) is 50.9 Å². The van der Waals surface area contributed by atoms with Gasteiger partial charge in [0, 0.05) is 12.6 Å². The lowest BCUT2D eigenvalue weighted by molar-refractivity contribution is -0.139. The number of carbonyl (C=O) groups excluding carboxylic acids is 2. The Morgan fingerprint density at radius 1 is 1.00 bits per heavy atom. The fourth-order valence-corrected chi connectivity index (χ4v) is 6.14. The molecule has 2 atom stereocenters. The van der Waals surface area contributed by atoms with Crippen LogP contribution in [0.2, 0.25) is 0 Å². The Hall–Kier alpha value is -3.37. The minimum atomic E-state index is -4.19. The number of aryl methyl sites for hydroxylation is 1. The second kappa shape index (κ2) is 13.8. The van der Waals surface area contributed by atoms with Gasteiger partial charge in [0.15, 0.2) is 0 Å². The lowest BCUT2D eigenvalue weighted by Crippen LogP contribution is -2.52. The molecule has 0 aliphatic rings. The second-order valence-corrected chi connectivity index (χ2v) is 12.4. The van der Waals surface area contributed by atoms with Crippen molar-refractivity contribution in [1.29, 1.82) is 0 Å². The van der Waals surface area contributed by atoms with Crippen molar-refractivity contribution in [3.8, 4) is 5.75 Å². The summed E-state index contributed by atoms with van der Waals surface area (Å²) in [6.45, 7) is 7.06. The number of anilines is 1. The maximum atomic E-state index is 14.0. The van der Waals surface area contributed by atoms with Crippen molar-refractivity contribution in [3.05, 3.63) is 88.4 Å². The van der Waals surface area contributed by atoms with Gasteiger partial charge in [-0.25, -0.2) is 8.42 Å². The number of nitrogens with zero attached hydrogens (tertiary/aromatic N) is 2. The molecule has 8 nitrogen and oxygen atoms in total. The van der Waals surface area contributed by atoms with Crippen LogP contribution < -0.4 is 14.4 Å². The molecule has 0 radical (unpaired) electrons. The Kier molecular flexibility index (Phi) is 10.8. The predicted molar refractivity (Wildman–Crippen MR) is 161 cm³/mol. The number of benzene rings is 3. The lowest BCUT2D eigenvalue weighted by atomic mass is 10.1. The van der Waals surface area contributed by atoms with Crippen LogP contribution in [0.1, 0.15) is 38.3 Å². The molecule has 3 aromatic carbocycles. The fourth-order valence-electron chi connectivity index (χ4n) is 4.00. The van der Waals surface area contributed by atoms with E-state index in [9.17, 15) is 18.0 Å². The first-order chi connectivity index (χ1) is 19.0. The van der Waals surface area contributed by atoms with E-state index in [2.05, 4.69) is 21.2 Å². The van der Waals surface area contributed by atoms with Crippen LogP contribution in [0.4, 0.5) is 5.69 Å². The minimum Gasteiger partial charge on any atom is -0.496 e. The summed E-state index contributed by atoms with van der Waals surface area (Å²) >= 11 is 3.36. The molecule has 0 saturated heterocycles. The number of nitrogens with one attached hydrogen (secondary N) is 1. The first-order valence-electron chi connectivity index (χ1n) is 13.0. The van der Waals surface area contributed by atoms with Crippen LogP contribution in [0, 0.1) is 6.92 Å². The van der Waals surface area contributed by atoms with Gasteiger partial charge >= 0.3 is 0 Å². The third kappa shape index (κ3) is 7.63. The van der Waals surface area contributed by atoms with Crippen molar-refractivity contribution in [2.45, 2.75) is 57.6 Å². The topological polar surface area (TPSA) is 96.0 Å². The Bertz CT molecular complexity index is 1420. The minimum absolute atomic E-state index is 0.00859. The number of amides is 2. The molecule has 0 saturated carbocycles. The molecule has 214 valence electrons. The summed E-state index contributed by atoms with van der Waals surface area (Å²) in [5.74, 6) is -0.332. The van der Waals surface area contributed by atoms with Gasteiger partial charge in [0.05, 0.1) is 22.2 Å². The Labute approximate surface area is 245 Å². The van der Waals surface area contributed by atoms with Crippen molar-refractivity contribution in [2.75, 3.05) is 18.0 Å². The Balaban J connectivity index is 2.03. The zero-order valence-electron chi connectivity index (χ0n) is 23.4. The van der Waals surface area contributed by atoms with Crippen molar-refractivity contribution in [1.82, 2.24) is 10.2 Å². The molecule has 10 heteroatoms. The first kappa shape index (κ1) is 31.2. The summed E-state index contributed by atoms with van der Waals surface area (Å²) < 4.78 is 34.8. The maximum Gasteiger partial charge on any atom is 0.264 e. The van der Waals surface area contributed by atoms with E-state index in [4.69, 9.17) is 4.74 Å². The molecular formula is C30H36BrN3O5S. The summed E-state index contributed by atoms with van der Waals surface area (Å²) in [5, 5.41) is 2.93. The number of halogens is 1. The highest BCUT2D eigenvalue weighted by atomic mass is 79.9. The van der Waals surface area contributed by atoms with Crippen molar-refractivity contribution in [2.24, 2.45) is 0 Å². The number of carbonyl (C=O) groups is 2. The third-order valence-electron chi connectivity index (χ3n) is 6.68. The number of ether oxygens (including phenoxy) is 1. The van der Waals surface area contributed by atoms with Gasteiger partial charge in [0.1, 0.15) is 18.3 Å². The van der Waals surface area contributed by atoms with Gasteiger partial charge in [-0.1, -0.05) is 55.0 Å². The normalized spacial score (nSPS) is 12.8. The average molecular weight is 631 g/mol. The summed E-state index contributed by atoms with van der Waals surface area (Å²) in [6.07, 6.45) is 0.738. The van der Waals surface area contributed by atoms with Crippen LogP contribution in [0.5, 0.6) is 5.75 Å². The Morgan fingerprint density at radius 2 is 1.65 bits per heavy atom. The van der Waals surface area contributed by atoms with E-state index >= 15 is 0 Å². The summed E-state index contributed by atoms with van der Waals surface area (Å²) in [5.41, 5.74) is 2.10. The van der Waals surface area contributed by atoms with Gasteiger partial charge < -0.3 is 15.0 Å². The van der Waals surface area contributed by atoms with Gasteiger partial charge in [0.25, 0.3) is 10.0 Å². The van der Waals surface area contributed by atoms with Gasteiger partial charge in [-0.2, -0.15) is 0 Å². The zero-order chi connectivity index (χ0) is 29.4. The van der Waals surface area contributed by atoms with E-state index in [-0.39, 0.29) is 23.4 Å². The molecule has 40 heavy (non-hydrogen) atoms. The fraction of sp³-hybridized carbons (Fsp3) is 0.333. The molecule has 2 amide bonds. The zero-order valence-corrected chi connectivity index (χ0v) is 25.8. The van der Waals surface area contributed by atoms with Gasteiger partial charge in [-0.3, -0.25) is 13.9 Å². The molecule has 0 bridgehead atoms. The number of methoxy groups -OCH3 is 1. The molecule has 0 aliphatic heterocycles. The van der Waals surface area contributed by atoms with E-state index in [1.54, 1.807) is 37.3 Å². The molecule has 0 aliphatic carbocycles. The van der Waals surface area contributed by atoms with Crippen LogP contribution in [0.25, 0.3) is 0 Å². The number of sulfonamides is 1. The molecule has 0 heterocycles. The van der Waals surface area contributed by atoms with Crippen molar-refractivity contribution in [3.63, 3.8) is 0 Å². The second-order valence-electron chi connectivity index (χ2n) is 9.64. The molecule has 0 aromatic heterocycles. The maximum absolute atomic E-state index is 14.0. The van der Waals surface area contributed by atoms with Crippen LogP contribution in [-0.2, 0) is 26.2 Å². The summed E-state index contributed by atoms with van der Waals surface area (Å²) in [4.78, 5) is 28.5. The summed E-state index contributed by atoms with van der Waals surface area (Å²) in [6, 6.07) is 19.7. The molecular weight excluding hydrogens is 594 g/mol. The van der Waals surface area contributed by atoms with Crippen LogP contribution in [0.15, 0.2) is 82.2 Å². The van der Waals surface area contributed by atoms with E-state index in [1.165, 1.54) is 24.1 Å². The predicted octanol–water partition coefficient (Wildman–Crippen LogP) is 5.29. The average Bonchev–Trinajstić information content (AvgIpc) is 2.95. The smallest absolute Gasteiger partial charge is 0.264 e. The molecule has 3 aromatic rings. The monoisotopic (exact) mass is 629 g/mol. The SMILES string of the molecule is CC[C@H](C)NC(=O)[C@H](C)N(Cc1ccccc1)C(=O)CN(c1ccc(C)cc1)S(=O)(=O)c1ccc(OC)c(Br)c1. The molecule has 1 N–H and O–H groups in total. The lowest BCUT2D eigenvalue weighted by Gasteiger charge is -2.32. The van der Waals surface area contributed by atoms with Crippen molar-refractivity contribution >= 4 is 43.5 Å². The molecule has 0 spiro atoms. The highest BCUT2D eigenvalue weighted by Gasteiger charge is 2.33. The number of hydrogen-bond donors (Lipinski definition) is 1. The van der Waals surface area contributed by atoms with Gasteiger partial charge in [0.2, 0.25) is 11.8 Å². The molecule has 3 rings (SSSR count). The molecule has 0 unspecified atom stereocenters. The quantitative estimate of drug-likeness (QED) is 0.294. The van der Waals surface area contributed by atoms with Crippen molar-refractivity contribution < 1.29 is 22.7 Å². The standard InChI is InChI=1S/C30H36BrN3O5S/c1-6-22(3)32-30(36)23(4)33(19-24-10-8-7-9-11-24)29(35)20-34(25-14-12-21(2)13-15-25)40(37,38)26-16-17-28(39-5)27(31)18-26/h7-18,22-23H,6,19-20H2,1-5H3,(H,32,36)/t22-,23-/m0/s1. The van der Waals surface area contributed by atoms with Crippen LogP contribution >= 0.6 is 15.9 Å². The highest BCUT2D eigenvalue weighted by molar-refractivity contribution is 9.10. The van der Waals surface area contributed by atoms with E-state index < -0.39 is 28.5 Å². The number of rotatable bonds is 12. The molecule has 0 fully saturated rings. The van der Waals surface area contributed by atoms with Gasteiger partial charge in [-0.15, -0.1) is 0 Å². The first-order valence-corrected chi connectivity index (χ1v) is 15.3. The number of hydrogen-bond acceptors (Lipinski definition) is 5. The largest absolute Gasteiger partial charge is 0.496 e. The Morgan fingerprint density at radius 3 is 2.23 bits per heavy atom. The summed E-state index contributed by atoms with van der Waals surface area (Å²) in [7, 11) is -2.69. The third-order valence-corrected chi connectivity index (χ3v) is 9.07. The van der Waals surface area contributed by atoms with E-state index in [0.29, 0.717) is 15.9 Å².